The van der Waals surface area contributed by atoms with Gasteiger partial charge in [-0.15, -0.1) is 0 Å². The van der Waals surface area contributed by atoms with Gasteiger partial charge in [0.05, 0.1) is 50.3 Å². The Morgan fingerprint density at radius 1 is 1.03 bits per heavy atom. The largest absolute Gasteiger partial charge is 0.493 e. The summed E-state index contributed by atoms with van der Waals surface area (Å²) in [6.07, 6.45) is 1.74. The molecule has 176 valence electrons. The van der Waals surface area contributed by atoms with Crippen LogP contribution in [0.5, 0.6) is 17.2 Å². The van der Waals surface area contributed by atoms with Crippen molar-refractivity contribution in [3.8, 4) is 17.2 Å². The normalized spacial score (nSPS) is 15.4. The molecule has 0 spiro atoms. The van der Waals surface area contributed by atoms with E-state index in [-0.39, 0.29) is 5.56 Å². The lowest BCUT2D eigenvalue weighted by Gasteiger charge is -2.24. The summed E-state index contributed by atoms with van der Waals surface area (Å²) in [7, 11) is 5.92. The van der Waals surface area contributed by atoms with Crippen molar-refractivity contribution >= 4 is 23.4 Å². The van der Waals surface area contributed by atoms with E-state index in [9.17, 15) is 9.59 Å². The van der Waals surface area contributed by atoms with Crippen molar-refractivity contribution in [3.05, 3.63) is 84.5 Å². The zero-order valence-electron chi connectivity index (χ0n) is 19.4. The second kappa shape index (κ2) is 9.56. The molecule has 1 aliphatic heterocycles. The van der Waals surface area contributed by atoms with Gasteiger partial charge in [-0.3, -0.25) is 9.36 Å². The highest BCUT2D eigenvalue weighted by Crippen LogP contribution is 2.38. The molecule has 0 fully saturated rings. The quantitative estimate of drug-likeness (QED) is 0.504. The smallest absolute Gasteiger partial charge is 0.338 e. The number of fused-ring (bicyclic) bond motifs is 1. The van der Waals surface area contributed by atoms with Crippen molar-refractivity contribution in [1.29, 1.82) is 0 Å². The molecule has 34 heavy (non-hydrogen) atoms. The molecule has 0 N–H and O–H groups in total. The summed E-state index contributed by atoms with van der Waals surface area (Å²) in [6, 6.07) is 12.2. The van der Waals surface area contributed by atoms with Crippen molar-refractivity contribution in [2.75, 3.05) is 28.4 Å². The number of aromatic nitrogens is 1. The van der Waals surface area contributed by atoms with Crippen LogP contribution in [0.15, 0.2) is 63.5 Å². The Morgan fingerprint density at radius 3 is 2.24 bits per heavy atom. The first-order chi connectivity index (χ1) is 16.4. The fourth-order valence-electron chi connectivity index (χ4n) is 3.98. The molecule has 1 aliphatic rings. The van der Waals surface area contributed by atoms with Crippen molar-refractivity contribution in [2.24, 2.45) is 4.99 Å². The first kappa shape index (κ1) is 23.3. The first-order valence-corrected chi connectivity index (χ1v) is 11.2. The van der Waals surface area contributed by atoms with E-state index in [2.05, 4.69) is 4.99 Å². The molecule has 0 unspecified atom stereocenters. The number of ether oxygens (including phenoxy) is 4. The molecule has 3 aromatic rings. The number of allylic oxidation sites excluding steroid dienone is 1. The Kier molecular flexibility index (Phi) is 6.56. The molecule has 0 aliphatic carbocycles. The van der Waals surface area contributed by atoms with Gasteiger partial charge in [0.2, 0.25) is 5.75 Å². The lowest BCUT2D eigenvalue weighted by atomic mass is 9.96. The molecule has 2 heterocycles. The van der Waals surface area contributed by atoms with Gasteiger partial charge < -0.3 is 18.9 Å². The number of thiazole rings is 1. The van der Waals surface area contributed by atoms with E-state index < -0.39 is 12.0 Å². The average Bonchev–Trinajstić information content (AvgIpc) is 3.16. The zero-order chi connectivity index (χ0) is 24.4. The van der Waals surface area contributed by atoms with Crippen molar-refractivity contribution in [3.63, 3.8) is 0 Å². The van der Waals surface area contributed by atoms with E-state index >= 15 is 0 Å². The number of rotatable bonds is 6. The fraction of sp³-hybridized carbons (Fsp3) is 0.240. The Bertz CT molecular complexity index is 1430. The Hall–Kier alpha value is -3.85. The maximum atomic E-state index is 13.6. The van der Waals surface area contributed by atoms with Crippen molar-refractivity contribution in [2.45, 2.75) is 13.0 Å². The number of nitrogens with zero attached hydrogens (tertiary/aromatic N) is 2. The van der Waals surface area contributed by atoms with Gasteiger partial charge in [0, 0.05) is 0 Å². The molecule has 4 rings (SSSR count). The summed E-state index contributed by atoms with van der Waals surface area (Å²) in [5, 5.41) is 0. The van der Waals surface area contributed by atoms with Crippen LogP contribution < -0.4 is 29.1 Å². The van der Waals surface area contributed by atoms with Crippen molar-refractivity contribution in [1.82, 2.24) is 4.57 Å². The second-order valence-corrected chi connectivity index (χ2v) is 8.45. The van der Waals surface area contributed by atoms with Gasteiger partial charge in [-0.25, -0.2) is 9.79 Å². The number of carbonyl (C=O) groups is 1. The molecular formula is C25H24N2O6S. The maximum absolute atomic E-state index is 13.6. The average molecular weight is 481 g/mol. The molecule has 1 atom stereocenters. The van der Waals surface area contributed by atoms with Crippen LogP contribution >= 0.6 is 11.3 Å². The zero-order valence-corrected chi connectivity index (χ0v) is 20.3. The molecule has 0 saturated carbocycles. The molecule has 0 amide bonds. The fourth-order valence-corrected chi connectivity index (χ4v) is 5.03. The van der Waals surface area contributed by atoms with Gasteiger partial charge in [-0.2, -0.15) is 0 Å². The van der Waals surface area contributed by atoms with E-state index in [0.717, 1.165) is 5.56 Å². The van der Waals surface area contributed by atoms with E-state index in [1.54, 1.807) is 29.7 Å². The molecule has 9 heteroatoms. The van der Waals surface area contributed by atoms with E-state index in [0.29, 0.717) is 43.4 Å². The third kappa shape index (κ3) is 3.99. The van der Waals surface area contributed by atoms with Crippen LogP contribution in [0.2, 0.25) is 0 Å². The summed E-state index contributed by atoms with van der Waals surface area (Å²) in [6.45, 7) is 1.75. The third-order valence-electron chi connectivity index (χ3n) is 5.53. The minimum absolute atomic E-state index is 0.264. The number of carbonyl (C=O) groups excluding carboxylic acids is 1. The van der Waals surface area contributed by atoms with Gasteiger partial charge in [-0.05, 0) is 36.3 Å². The predicted molar refractivity (Wildman–Crippen MR) is 128 cm³/mol. The minimum atomic E-state index is -0.646. The highest BCUT2D eigenvalue weighted by Gasteiger charge is 2.32. The summed E-state index contributed by atoms with van der Waals surface area (Å²) < 4.78 is 23.3. The van der Waals surface area contributed by atoms with Gasteiger partial charge in [0.25, 0.3) is 5.56 Å². The second-order valence-electron chi connectivity index (χ2n) is 7.44. The SMILES string of the molecule is COC(=O)C1=C(C)N=c2sc(=Cc3cc(OC)c(OC)c(OC)c3)c(=O)n2[C@H]1c1ccccc1. The number of hydrogen-bond acceptors (Lipinski definition) is 8. The van der Waals surface area contributed by atoms with E-state index in [4.69, 9.17) is 18.9 Å². The third-order valence-corrected chi connectivity index (χ3v) is 6.51. The van der Waals surface area contributed by atoms with Crippen LogP contribution in [0, 0.1) is 0 Å². The van der Waals surface area contributed by atoms with Gasteiger partial charge in [-0.1, -0.05) is 41.7 Å². The molecule has 0 bridgehead atoms. The summed E-state index contributed by atoms with van der Waals surface area (Å²) >= 11 is 1.25. The van der Waals surface area contributed by atoms with Crippen LogP contribution in [0.25, 0.3) is 6.08 Å². The molecular weight excluding hydrogens is 456 g/mol. The van der Waals surface area contributed by atoms with Crippen LogP contribution in [0.1, 0.15) is 24.1 Å². The molecule has 0 radical (unpaired) electrons. The molecule has 1 aromatic heterocycles. The minimum Gasteiger partial charge on any atom is -0.493 e. The Morgan fingerprint density at radius 2 is 1.68 bits per heavy atom. The summed E-state index contributed by atoms with van der Waals surface area (Å²) in [5.74, 6) is 0.902. The molecule has 8 nitrogen and oxygen atoms in total. The summed E-state index contributed by atoms with van der Waals surface area (Å²) in [4.78, 5) is 31.4. The van der Waals surface area contributed by atoms with Crippen LogP contribution in [0.3, 0.4) is 0 Å². The number of benzene rings is 2. The van der Waals surface area contributed by atoms with Crippen LogP contribution in [0.4, 0.5) is 0 Å². The van der Waals surface area contributed by atoms with Crippen molar-refractivity contribution < 1.29 is 23.7 Å². The number of hydrogen-bond donors (Lipinski definition) is 0. The summed E-state index contributed by atoms with van der Waals surface area (Å²) in [5.41, 5.74) is 2.07. The predicted octanol–water partition coefficient (Wildman–Crippen LogP) is 2.43. The first-order valence-electron chi connectivity index (χ1n) is 10.4. The van der Waals surface area contributed by atoms with Gasteiger partial charge in [0.15, 0.2) is 16.3 Å². The highest BCUT2D eigenvalue weighted by atomic mass is 32.1. The maximum Gasteiger partial charge on any atom is 0.338 e. The highest BCUT2D eigenvalue weighted by molar-refractivity contribution is 7.07. The monoisotopic (exact) mass is 480 g/mol. The number of methoxy groups -OCH3 is 4. The Balaban J connectivity index is 1.95. The molecule has 2 aromatic carbocycles. The standard InChI is InChI=1S/C25H24N2O6S/c1-14-20(24(29)33-5)21(16-9-7-6-8-10-16)27-23(28)19(34-25(27)26-14)13-15-11-17(30-2)22(32-4)18(12-15)31-3/h6-13,21H,1-5H3/t21-/m0/s1. The molecule has 0 saturated heterocycles. The van der Waals surface area contributed by atoms with Gasteiger partial charge in [0.1, 0.15) is 0 Å². The van der Waals surface area contributed by atoms with E-state index in [1.165, 1.54) is 39.8 Å². The lowest BCUT2D eigenvalue weighted by molar-refractivity contribution is -0.136. The van der Waals surface area contributed by atoms with Crippen LogP contribution in [-0.4, -0.2) is 39.0 Å². The van der Waals surface area contributed by atoms with Crippen LogP contribution in [-0.2, 0) is 9.53 Å². The number of esters is 1. The lowest BCUT2D eigenvalue weighted by Crippen LogP contribution is -2.39. The van der Waals surface area contributed by atoms with Gasteiger partial charge >= 0.3 is 5.97 Å². The van der Waals surface area contributed by atoms with E-state index in [1.807, 2.05) is 30.3 Å². The topological polar surface area (TPSA) is 88.4 Å². The Labute approximate surface area is 200 Å².